The van der Waals surface area contributed by atoms with Crippen LogP contribution in [0.25, 0.3) is 11.0 Å². The molecular formula is C17H17Br2NO3. The maximum Gasteiger partial charge on any atom is 0.349 e. The first-order valence-electron chi connectivity index (χ1n) is 7.75. The van der Waals surface area contributed by atoms with Gasteiger partial charge in [0.15, 0.2) is 5.58 Å². The Balaban J connectivity index is 2.06. The first kappa shape index (κ1) is 16.7. The predicted molar refractivity (Wildman–Crippen MR) is 96.9 cm³/mol. The van der Waals surface area contributed by atoms with Gasteiger partial charge in [-0.3, -0.25) is 4.79 Å². The van der Waals surface area contributed by atoms with Gasteiger partial charge in [0.25, 0.3) is 5.91 Å². The van der Waals surface area contributed by atoms with Crippen LogP contribution in [0.2, 0.25) is 0 Å². The smallest absolute Gasteiger partial charge is 0.349 e. The standard InChI is InChI=1S/C17H17Br2NO3/c1-2-12-5-3-4-6-20(12)16(21)13-8-10-7-11(18)9-14(19)15(10)23-17(13)22/h7-9,12H,2-6H2,1H3. The molecular weight excluding hydrogens is 426 g/mol. The molecule has 2 aromatic rings. The average Bonchev–Trinajstić information content (AvgIpc) is 2.54. The Morgan fingerprint density at radius 2 is 2.09 bits per heavy atom. The van der Waals surface area contributed by atoms with E-state index >= 15 is 0 Å². The van der Waals surface area contributed by atoms with Crippen molar-refractivity contribution in [2.75, 3.05) is 6.54 Å². The van der Waals surface area contributed by atoms with Crippen LogP contribution in [0.4, 0.5) is 0 Å². The van der Waals surface area contributed by atoms with Crippen LogP contribution < -0.4 is 5.63 Å². The van der Waals surface area contributed by atoms with Crippen LogP contribution >= 0.6 is 31.9 Å². The highest BCUT2D eigenvalue weighted by atomic mass is 79.9. The van der Waals surface area contributed by atoms with Crippen LogP contribution in [-0.4, -0.2) is 23.4 Å². The van der Waals surface area contributed by atoms with Gasteiger partial charge in [-0.25, -0.2) is 4.79 Å². The summed E-state index contributed by atoms with van der Waals surface area (Å²) in [4.78, 5) is 27.0. The maximum atomic E-state index is 12.8. The zero-order valence-corrected chi connectivity index (χ0v) is 15.9. The Morgan fingerprint density at radius 1 is 1.30 bits per heavy atom. The van der Waals surface area contributed by atoms with Crippen molar-refractivity contribution < 1.29 is 9.21 Å². The highest BCUT2D eigenvalue weighted by molar-refractivity contribution is 9.11. The zero-order chi connectivity index (χ0) is 16.6. The molecule has 0 radical (unpaired) electrons. The molecule has 1 amide bonds. The van der Waals surface area contributed by atoms with E-state index in [1.165, 1.54) is 0 Å². The van der Waals surface area contributed by atoms with Gasteiger partial charge in [0, 0.05) is 22.4 Å². The fourth-order valence-corrected chi connectivity index (χ4v) is 4.49. The number of halogens is 2. The van der Waals surface area contributed by atoms with Crippen molar-refractivity contribution in [2.45, 2.75) is 38.6 Å². The normalized spacial score (nSPS) is 18.4. The third-order valence-electron chi connectivity index (χ3n) is 4.34. The second-order valence-corrected chi connectivity index (χ2v) is 7.58. The second kappa shape index (κ2) is 6.77. The molecule has 6 heteroatoms. The molecule has 3 rings (SSSR count). The summed E-state index contributed by atoms with van der Waals surface area (Å²) in [5, 5.41) is 0.722. The SMILES string of the molecule is CCC1CCCCN1C(=O)c1cc2cc(Br)cc(Br)c2oc1=O. The fourth-order valence-electron chi connectivity index (χ4n) is 3.15. The fraction of sp³-hybridized carbons (Fsp3) is 0.412. The largest absolute Gasteiger partial charge is 0.421 e. The Hall–Kier alpha value is -1.14. The summed E-state index contributed by atoms with van der Waals surface area (Å²) in [6.45, 7) is 2.78. The molecule has 1 fully saturated rings. The van der Waals surface area contributed by atoms with E-state index in [-0.39, 0.29) is 17.5 Å². The highest BCUT2D eigenvalue weighted by Crippen LogP contribution is 2.29. The van der Waals surface area contributed by atoms with Crippen molar-refractivity contribution in [2.24, 2.45) is 0 Å². The highest BCUT2D eigenvalue weighted by Gasteiger charge is 2.28. The molecule has 1 atom stereocenters. The monoisotopic (exact) mass is 441 g/mol. The Bertz CT molecular complexity index is 815. The minimum atomic E-state index is -0.578. The van der Waals surface area contributed by atoms with Crippen molar-refractivity contribution in [1.82, 2.24) is 4.90 Å². The van der Waals surface area contributed by atoms with Gasteiger partial charge < -0.3 is 9.32 Å². The number of benzene rings is 1. The Labute approximate surface area is 151 Å². The van der Waals surface area contributed by atoms with E-state index in [0.717, 1.165) is 35.5 Å². The molecule has 1 saturated heterocycles. The molecule has 122 valence electrons. The number of piperidine rings is 1. The number of fused-ring (bicyclic) bond motifs is 1. The number of carbonyl (C=O) groups is 1. The summed E-state index contributed by atoms with van der Waals surface area (Å²) in [5.41, 5.74) is -0.00534. The molecule has 0 aliphatic carbocycles. The second-order valence-electron chi connectivity index (χ2n) is 5.81. The number of amides is 1. The summed E-state index contributed by atoms with van der Waals surface area (Å²) in [5.74, 6) is -0.219. The van der Waals surface area contributed by atoms with Crippen LogP contribution in [-0.2, 0) is 0 Å². The Morgan fingerprint density at radius 3 is 2.83 bits per heavy atom. The molecule has 1 unspecified atom stereocenters. The van der Waals surface area contributed by atoms with Gasteiger partial charge in [0.2, 0.25) is 0 Å². The summed E-state index contributed by atoms with van der Waals surface area (Å²) >= 11 is 6.80. The number of rotatable bonds is 2. The van der Waals surface area contributed by atoms with E-state index in [2.05, 4.69) is 38.8 Å². The molecule has 1 aromatic heterocycles. The molecule has 0 saturated carbocycles. The topological polar surface area (TPSA) is 50.5 Å². The number of hydrogen-bond acceptors (Lipinski definition) is 3. The minimum absolute atomic E-state index is 0.114. The number of hydrogen-bond donors (Lipinski definition) is 0. The van der Waals surface area contributed by atoms with Crippen LogP contribution in [0.3, 0.4) is 0 Å². The van der Waals surface area contributed by atoms with Gasteiger partial charge >= 0.3 is 5.63 Å². The molecule has 0 N–H and O–H groups in total. The lowest BCUT2D eigenvalue weighted by atomic mass is 9.99. The maximum absolute atomic E-state index is 12.8. The van der Waals surface area contributed by atoms with E-state index < -0.39 is 5.63 Å². The first-order chi connectivity index (χ1) is 11.0. The van der Waals surface area contributed by atoms with Crippen molar-refractivity contribution >= 4 is 48.7 Å². The van der Waals surface area contributed by atoms with Crippen molar-refractivity contribution in [3.8, 4) is 0 Å². The summed E-state index contributed by atoms with van der Waals surface area (Å²) in [6.07, 6.45) is 4.02. The number of nitrogens with zero attached hydrogens (tertiary/aromatic N) is 1. The van der Waals surface area contributed by atoms with E-state index in [1.54, 1.807) is 6.07 Å². The summed E-state index contributed by atoms with van der Waals surface area (Å²) in [6, 6.07) is 5.50. The van der Waals surface area contributed by atoms with Gasteiger partial charge in [-0.15, -0.1) is 0 Å². The quantitative estimate of drug-likeness (QED) is 0.632. The third-order valence-corrected chi connectivity index (χ3v) is 5.39. The van der Waals surface area contributed by atoms with Gasteiger partial charge in [-0.2, -0.15) is 0 Å². The van der Waals surface area contributed by atoms with Crippen LogP contribution in [0, 0.1) is 0 Å². The zero-order valence-electron chi connectivity index (χ0n) is 12.8. The molecule has 1 aliphatic heterocycles. The summed E-state index contributed by atoms with van der Waals surface area (Å²) in [7, 11) is 0. The average molecular weight is 443 g/mol. The predicted octanol–water partition coefficient (Wildman–Crippen LogP) is 4.72. The Kier molecular flexibility index (Phi) is 4.92. The van der Waals surface area contributed by atoms with Crippen molar-refractivity contribution in [3.63, 3.8) is 0 Å². The van der Waals surface area contributed by atoms with Crippen molar-refractivity contribution in [1.29, 1.82) is 0 Å². The van der Waals surface area contributed by atoms with Gasteiger partial charge in [-0.1, -0.05) is 22.9 Å². The van der Waals surface area contributed by atoms with Crippen LogP contribution in [0.1, 0.15) is 43.0 Å². The molecule has 2 heterocycles. The lowest BCUT2D eigenvalue weighted by Gasteiger charge is -2.35. The lowest BCUT2D eigenvalue weighted by Crippen LogP contribution is -2.44. The minimum Gasteiger partial charge on any atom is -0.421 e. The van der Waals surface area contributed by atoms with Gasteiger partial charge in [0.1, 0.15) is 5.56 Å². The molecule has 1 aliphatic rings. The van der Waals surface area contributed by atoms with E-state index in [0.29, 0.717) is 16.6 Å². The molecule has 23 heavy (non-hydrogen) atoms. The van der Waals surface area contributed by atoms with Gasteiger partial charge in [0.05, 0.1) is 4.47 Å². The number of likely N-dealkylation sites (tertiary alicyclic amines) is 1. The lowest BCUT2D eigenvalue weighted by molar-refractivity contribution is 0.0604. The molecule has 1 aromatic carbocycles. The molecule has 0 bridgehead atoms. The molecule has 0 spiro atoms. The van der Waals surface area contributed by atoms with Crippen molar-refractivity contribution in [3.05, 3.63) is 43.1 Å². The summed E-state index contributed by atoms with van der Waals surface area (Å²) < 4.78 is 6.93. The van der Waals surface area contributed by atoms with Gasteiger partial charge in [-0.05, 0) is 59.8 Å². The number of carbonyl (C=O) groups excluding carboxylic acids is 1. The van der Waals surface area contributed by atoms with Crippen LogP contribution in [0.15, 0.2) is 36.4 Å². The van der Waals surface area contributed by atoms with Crippen LogP contribution in [0.5, 0.6) is 0 Å². The molecule has 4 nitrogen and oxygen atoms in total. The van der Waals surface area contributed by atoms with E-state index in [4.69, 9.17) is 4.42 Å². The first-order valence-corrected chi connectivity index (χ1v) is 9.33. The third kappa shape index (κ3) is 3.24. The van der Waals surface area contributed by atoms with E-state index in [1.807, 2.05) is 17.0 Å². The van der Waals surface area contributed by atoms with E-state index in [9.17, 15) is 9.59 Å².